The normalized spacial score (nSPS) is 10.1. The molecule has 2 aromatic rings. The van der Waals surface area contributed by atoms with Gasteiger partial charge in [-0.2, -0.15) is 10.4 Å². The van der Waals surface area contributed by atoms with Gasteiger partial charge in [0.25, 0.3) is 0 Å². The van der Waals surface area contributed by atoms with E-state index in [1.807, 2.05) is 54.2 Å². The van der Waals surface area contributed by atoms with E-state index in [-0.39, 0.29) is 12.3 Å². The van der Waals surface area contributed by atoms with Crippen molar-refractivity contribution in [1.82, 2.24) is 15.1 Å². The molecule has 21 heavy (non-hydrogen) atoms. The largest absolute Gasteiger partial charge is 0.355 e. The first-order chi connectivity index (χ1) is 10.2. The lowest BCUT2D eigenvalue weighted by Gasteiger charge is -2.02. The van der Waals surface area contributed by atoms with Crippen LogP contribution in [-0.2, 0) is 11.2 Å². The van der Waals surface area contributed by atoms with Crippen molar-refractivity contribution >= 4 is 5.91 Å². The molecular formula is C16H18N4O. The molecule has 5 heteroatoms. The fraction of sp³-hybridized carbons (Fsp3) is 0.312. The van der Waals surface area contributed by atoms with E-state index in [4.69, 9.17) is 5.26 Å². The highest BCUT2D eigenvalue weighted by Crippen LogP contribution is 2.13. The van der Waals surface area contributed by atoms with E-state index in [9.17, 15) is 4.79 Å². The molecule has 0 aliphatic carbocycles. The number of amides is 1. The van der Waals surface area contributed by atoms with Gasteiger partial charge in [0.1, 0.15) is 6.42 Å². The maximum absolute atomic E-state index is 11.2. The summed E-state index contributed by atoms with van der Waals surface area (Å²) in [6, 6.07) is 11.8. The SMILES string of the molecule is Cc1nn(-c2ccccc2)cc1CCCNC(=O)CC#N. The second-order valence-electron chi connectivity index (χ2n) is 4.81. The molecule has 1 aromatic carbocycles. The van der Waals surface area contributed by atoms with Crippen LogP contribution in [0.15, 0.2) is 36.5 Å². The van der Waals surface area contributed by atoms with Crippen LogP contribution in [0, 0.1) is 18.3 Å². The Morgan fingerprint density at radius 2 is 2.14 bits per heavy atom. The molecule has 0 atom stereocenters. The van der Waals surface area contributed by atoms with Crippen molar-refractivity contribution in [2.24, 2.45) is 0 Å². The molecule has 1 heterocycles. The van der Waals surface area contributed by atoms with Crippen LogP contribution in [0.25, 0.3) is 5.69 Å². The lowest BCUT2D eigenvalue weighted by Crippen LogP contribution is -2.23. The first-order valence-electron chi connectivity index (χ1n) is 6.95. The third-order valence-corrected chi connectivity index (χ3v) is 3.21. The second kappa shape index (κ2) is 7.25. The number of carbonyl (C=O) groups excluding carboxylic acids is 1. The van der Waals surface area contributed by atoms with Crippen LogP contribution in [0.2, 0.25) is 0 Å². The topological polar surface area (TPSA) is 70.7 Å². The highest BCUT2D eigenvalue weighted by molar-refractivity contribution is 5.77. The van der Waals surface area contributed by atoms with Gasteiger partial charge >= 0.3 is 0 Å². The van der Waals surface area contributed by atoms with Crippen LogP contribution < -0.4 is 5.32 Å². The molecule has 0 bridgehead atoms. The third-order valence-electron chi connectivity index (χ3n) is 3.21. The zero-order valence-corrected chi connectivity index (χ0v) is 12.0. The number of para-hydroxylation sites is 1. The fourth-order valence-corrected chi connectivity index (χ4v) is 2.10. The summed E-state index contributed by atoms with van der Waals surface area (Å²) in [7, 11) is 0. The van der Waals surface area contributed by atoms with Gasteiger partial charge in [0.2, 0.25) is 5.91 Å². The average molecular weight is 282 g/mol. The number of benzene rings is 1. The average Bonchev–Trinajstić information content (AvgIpc) is 2.86. The standard InChI is InChI=1S/C16H18N4O/c1-13-14(6-5-11-18-16(21)9-10-17)12-20(19-13)15-7-3-2-4-8-15/h2-4,7-8,12H,5-6,9,11H2,1H3,(H,18,21). The van der Waals surface area contributed by atoms with E-state index in [1.165, 1.54) is 5.56 Å². The number of aromatic nitrogens is 2. The van der Waals surface area contributed by atoms with E-state index < -0.39 is 0 Å². The summed E-state index contributed by atoms with van der Waals surface area (Å²) < 4.78 is 1.87. The van der Waals surface area contributed by atoms with Crippen molar-refractivity contribution in [2.75, 3.05) is 6.54 Å². The molecule has 0 aliphatic heterocycles. The number of aryl methyl sites for hydroxylation is 2. The Balaban J connectivity index is 1.89. The predicted molar refractivity (Wildman–Crippen MR) is 79.9 cm³/mol. The second-order valence-corrected chi connectivity index (χ2v) is 4.81. The molecule has 0 radical (unpaired) electrons. The summed E-state index contributed by atoms with van der Waals surface area (Å²) in [5.41, 5.74) is 3.21. The zero-order valence-electron chi connectivity index (χ0n) is 12.0. The van der Waals surface area contributed by atoms with E-state index in [2.05, 4.69) is 10.4 Å². The molecule has 2 rings (SSSR count). The van der Waals surface area contributed by atoms with Crippen molar-refractivity contribution in [3.8, 4) is 11.8 Å². The van der Waals surface area contributed by atoms with E-state index in [0.29, 0.717) is 6.54 Å². The van der Waals surface area contributed by atoms with Crippen molar-refractivity contribution in [2.45, 2.75) is 26.2 Å². The number of hydrogen-bond acceptors (Lipinski definition) is 3. The molecule has 0 unspecified atom stereocenters. The van der Waals surface area contributed by atoms with Crippen LogP contribution in [0.1, 0.15) is 24.1 Å². The third kappa shape index (κ3) is 4.18. The van der Waals surface area contributed by atoms with Crippen molar-refractivity contribution in [3.63, 3.8) is 0 Å². The highest BCUT2D eigenvalue weighted by atomic mass is 16.1. The Bertz CT molecular complexity index is 640. The molecular weight excluding hydrogens is 264 g/mol. The molecule has 0 saturated heterocycles. The first kappa shape index (κ1) is 14.8. The zero-order chi connectivity index (χ0) is 15.1. The van der Waals surface area contributed by atoms with Crippen LogP contribution in [0.4, 0.5) is 0 Å². The number of carbonyl (C=O) groups is 1. The molecule has 0 spiro atoms. The van der Waals surface area contributed by atoms with E-state index >= 15 is 0 Å². The van der Waals surface area contributed by atoms with E-state index in [1.54, 1.807) is 0 Å². The maximum atomic E-state index is 11.2. The molecule has 0 fully saturated rings. The van der Waals surface area contributed by atoms with Gasteiger partial charge in [0.05, 0.1) is 17.5 Å². The van der Waals surface area contributed by atoms with Crippen molar-refractivity contribution in [3.05, 3.63) is 47.8 Å². The summed E-state index contributed by atoms with van der Waals surface area (Å²) in [6.07, 6.45) is 3.64. The van der Waals surface area contributed by atoms with Gasteiger partial charge in [-0.1, -0.05) is 18.2 Å². The lowest BCUT2D eigenvalue weighted by molar-refractivity contribution is -0.120. The smallest absolute Gasteiger partial charge is 0.234 e. The minimum absolute atomic E-state index is 0.0784. The molecule has 0 saturated carbocycles. The fourth-order valence-electron chi connectivity index (χ4n) is 2.10. The summed E-state index contributed by atoms with van der Waals surface area (Å²) in [5.74, 6) is -0.214. The first-order valence-corrected chi connectivity index (χ1v) is 6.95. The predicted octanol–water partition coefficient (Wildman–Crippen LogP) is 2.14. The van der Waals surface area contributed by atoms with Gasteiger partial charge in [-0.3, -0.25) is 4.79 Å². The minimum Gasteiger partial charge on any atom is -0.355 e. The summed E-state index contributed by atoms with van der Waals surface area (Å²) in [4.78, 5) is 11.2. The Morgan fingerprint density at radius 3 is 2.86 bits per heavy atom. The minimum atomic E-state index is -0.214. The van der Waals surface area contributed by atoms with Gasteiger partial charge in [0, 0.05) is 12.7 Å². The van der Waals surface area contributed by atoms with Crippen LogP contribution in [-0.4, -0.2) is 22.2 Å². The number of nitrogens with zero attached hydrogens (tertiary/aromatic N) is 3. The molecule has 1 amide bonds. The molecule has 5 nitrogen and oxygen atoms in total. The molecule has 108 valence electrons. The van der Waals surface area contributed by atoms with Crippen molar-refractivity contribution < 1.29 is 4.79 Å². The van der Waals surface area contributed by atoms with Crippen LogP contribution in [0.5, 0.6) is 0 Å². The van der Waals surface area contributed by atoms with Crippen molar-refractivity contribution in [1.29, 1.82) is 5.26 Å². The van der Waals surface area contributed by atoms with Crippen LogP contribution in [0.3, 0.4) is 0 Å². The monoisotopic (exact) mass is 282 g/mol. The summed E-state index contributed by atoms with van der Waals surface area (Å²) >= 11 is 0. The summed E-state index contributed by atoms with van der Waals surface area (Å²) in [5, 5.41) is 15.6. The van der Waals surface area contributed by atoms with Crippen LogP contribution >= 0.6 is 0 Å². The molecule has 0 aliphatic rings. The van der Waals surface area contributed by atoms with Gasteiger partial charge < -0.3 is 5.32 Å². The number of nitriles is 1. The summed E-state index contributed by atoms with van der Waals surface area (Å²) in [6.45, 7) is 2.57. The lowest BCUT2D eigenvalue weighted by atomic mass is 10.1. The molecule has 1 N–H and O–H groups in total. The van der Waals surface area contributed by atoms with E-state index in [0.717, 1.165) is 24.2 Å². The van der Waals surface area contributed by atoms with Gasteiger partial charge in [-0.15, -0.1) is 0 Å². The van der Waals surface area contributed by atoms with Gasteiger partial charge in [-0.25, -0.2) is 4.68 Å². The Kier molecular flexibility index (Phi) is 5.10. The Labute approximate surface area is 124 Å². The number of hydrogen-bond donors (Lipinski definition) is 1. The number of nitrogens with one attached hydrogen (secondary N) is 1. The quantitative estimate of drug-likeness (QED) is 0.825. The highest BCUT2D eigenvalue weighted by Gasteiger charge is 2.06. The molecule has 1 aromatic heterocycles. The van der Waals surface area contributed by atoms with Gasteiger partial charge in [0.15, 0.2) is 0 Å². The maximum Gasteiger partial charge on any atom is 0.234 e. The van der Waals surface area contributed by atoms with Gasteiger partial charge in [-0.05, 0) is 37.5 Å². The number of rotatable bonds is 6. The Morgan fingerprint density at radius 1 is 1.38 bits per heavy atom. The Hall–Kier alpha value is -2.61.